The first kappa shape index (κ1) is 61.0. The molecule has 9 heterocycles. The number of phosphoric acid groups is 3. The molecule has 3 aliphatic rings. The van der Waals surface area contributed by atoms with Crippen molar-refractivity contribution in [2.75, 3.05) is 64.4 Å². The number of rotatable bonds is 23. The van der Waals surface area contributed by atoms with Crippen molar-refractivity contribution in [3.63, 3.8) is 0 Å². The first-order valence-corrected chi connectivity index (χ1v) is 30.4. The zero-order valence-corrected chi connectivity index (χ0v) is 47.0. The Balaban J connectivity index is 0.872. The Morgan fingerprint density at radius 3 is 2.11 bits per heavy atom. The number of carbonyl (C=O) groups excluding carboxylic acids is 1. The monoisotopic (exact) mass is 1240 g/mol. The van der Waals surface area contributed by atoms with Crippen molar-refractivity contribution in [1.82, 2.24) is 58.5 Å². The summed E-state index contributed by atoms with van der Waals surface area (Å²) in [5.74, 6) is -2.05. The minimum atomic E-state index is -6.17. The smallest absolute Gasteiger partial charge is 0.490 e. The van der Waals surface area contributed by atoms with Gasteiger partial charge in [0.05, 0.1) is 57.4 Å². The fourth-order valence-electron chi connectivity index (χ4n) is 9.65. The van der Waals surface area contributed by atoms with Crippen molar-refractivity contribution in [3.8, 4) is 0 Å². The van der Waals surface area contributed by atoms with Crippen molar-refractivity contribution in [2.24, 2.45) is 13.0 Å². The molecule has 82 heavy (non-hydrogen) atoms. The quantitative estimate of drug-likeness (QED) is 0.0221. The van der Waals surface area contributed by atoms with E-state index in [1.165, 1.54) is 52.4 Å². The van der Waals surface area contributed by atoms with Crippen molar-refractivity contribution in [1.29, 1.82) is 0 Å². The zero-order chi connectivity index (χ0) is 59.5. The summed E-state index contributed by atoms with van der Waals surface area (Å²) in [6.07, 6.45) is -12.2. The summed E-state index contributed by atoms with van der Waals surface area (Å²) in [6.45, 7) is -0.924. The average molecular weight is 1240 g/mol. The molecular weight excluding hydrogens is 1180 g/mol. The highest BCUT2D eigenvalue weighted by molar-refractivity contribution is 7.66. The number of nitrogen functional groups attached to an aromatic ring is 2. The van der Waals surface area contributed by atoms with Crippen LogP contribution < -0.4 is 37.4 Å². The summed E-state index contributed by atoms with van der Waals surface area (Å²) >= 11 is 0. The largest absolute Gasteiger partial charge is 0.778 e. The Hall–Kier alpha value is -5.60. The molecule has 13 N–H and O–H groups in total. The lowest BCUT2D eigenvalue weighted by atomic mass is 9.94. The number of ether oxygens (including phenoxy) is 4. The molecule has 3 aliphatic heterocycles. The number of aliphatic hydroxyl groups is 3. The maximum absolute atomic E-state index is 14.4. The summed E-state index contributed by atoms with van der Waals surface area (Å²) in [5, 5.41) is 36.4. The molecule has 9 rings (SSSR count). The standard InChI is InChI=1S/C39H56N16O23P4/c1-6-42-39-48-32-23(34(61)50-39)52(4)15-55(32)35-24(57)16(9-20(56)51(2)3)18(75-35)10-73-81(66,67)78-82(68,69)77-80(64,65)71-8-7-17-28(27(70-5)37(74-17)53-13-45-21-29(40)43-12-44-30(21)53)79(62,63)72-11-19-25(58)26(59)36(76-19)54-14-46-22-31(54)47-38(41)49-33(22)60/h12-19,24-28,35-37,57-59H,6-11H2,1-5H3,(H10-,40,41,42,43,44,47,48,49,50,60,61,62,63,64,65,66,67,68,69)/t16-,17-,18-,19-,24-,25-,26-,27-,28-,35?,36-,37-/m1/s1. The predicted molar refractivity (Wildman–Crippen MR) is 271 cm³/mol. The van der Waals surface area contributed by atoms with Crippen LogP contribution >= 0.6 is 31.1 Å². The van der Waals surface area contributed by atoms with Crippen molar-refractivity contribution >= 4 is 88.2 Å². The molecule has 450 valence electrons. The van der Waals surface area contributed by atoms with Gasteiger partial charge in [-0.2, -0.15) is 23.2 Å². The number of hydrogen-bond donors (Lipinski definition) is 11. The molecule has 3 saturated heterocycles. The van der Waals surface area contributed by atoms with Gasteiger partial charge in [-0.15, -0.1) is 0 Å². The second-order valence-corrected chi connectivity index (χ2v) is 25.5. The number of carbonyl (C=O) groups is 1. The van der Waals surface area contributed by atoms with E-state index < -0.39 is 154 Å². The molecule has 6 aromatic rings. The zero-order valence-electron chi connectivity index (χ0n) is 43.5. The van der Waals surface area contributed by atoms with Gasteiger partial charge in [0.2, 0.25) is 30.4 Å². The van der Waals surface area contributed by atoms with Gasteiger partial charge in [-0.05, 0) is 13.3 Å². The second-order valence-electron chi connectivity index (χ2n) is 18.9. The van der Waals surface area contributed by atoms with E-state index in [-0.39, 0.29) is 51.2 Å². The highest BCUT2D eigenvalue weighted by Gasteiger charge is 2.54. The Kier molecular flexibility index (Phi) is 17.4. The molecule has 0 radical (unpaired) electrons. The molecule has 43 heteroatoms. The molecule has 0 spiro atoms. The number of aromatic nitrogens is 12. The molecule has 1 amide bonds. The molecule has 0 saturated carbocycles. The number of hydrogen-bond acceptors (Lipinski definition) is 29. The van der Waals surface area contributed by atoms with Gasteiger partial charge in [-0.1, -0.05) is 0 Å². The molecule has 5 unspecified atom stereocenters. The number of aromatic amines is 2. The van der Waals surface area contributed by atoms with Gasteiger partial charge < -0.3 is 84.6 Å². The van der Waals surface area contributed by atoms with Crippen LogP contribution in [0.15, 0.2) is 34.9 Å². The van der Waals surface area contributed by atoms with Gasteiger partial charge in [0.15, 0.2) is 35.1 Å². The van der Waals surface area contributed by atoms with Gasteiger partial charge >= 0.3 is 29.0 Å². The van der Waals surface area contributed by atoms with E-state index in [4.69, 9.17) is 44.0 Å². The minimum absolute atomic E-state index is 0.0239. The van der Waals surface area contributed by atoms with E-state index in [1.807, 2.05) is 0 Å². The maximum atomic E-state index is 14.4. The topological polar surface area (TPSA) is 542 Å². The summed E-state index contributed by atoms with van der Waals surface area (Å²) < 4.78 is 106. The molecule has 16 atom stereocenters. The van der Waals surface area contributed by atoms with E-state index >= 15 is 0 Å². The highest BCUT2D eigenvalue weighted by Crippen LogP contribution is 2.68. The number of methoxy groups -OCH3 is 1. The van der Waals surface area contributed by atoms with Crippen LogP contribution in [0.2, 0.25) is 0 Å². The molecule has 0 aromatic carbocycles. The maximum Gasteiger partial charge on any atom is 0.490 e. The fraction of sp³-hybridized carbons (Fsp3) is 0.590. The van der Waals surface area contributed by atoms with E-state index in [2.05, 4.69) is 53.8 Å². The van der Waals surface area contributed by atoms with Crippen LogP contribution in [0.1, 0.15) is 38.4 Å². The number of aliphatic hydroxyl groups excluding tert-OH is 3. The Morgan fingerprint density at radius 2 is 1.43 bits per heavy atom. The van der Waals surface area contributed by atoms with Crippen LogP contribution in [0.25, 0.3) is 33.5 Å². The van der Waals surface area contributed by atoms with Gasteiger partial charge in [0.25, 0.3) is 16.7 Å². The summed E-state index contributed by atoms with van der Waals surface area (Å²) in [4.78, 5) is 115. The fourth-order valence-corrected chi connectivity index (χ4v) is 15.0. The molecular formula is C39H56N16O23P4. The van der Waals surface area contributed by atoms with Gasteiger partial charge in [0, 0.05) is 40.1 Å². The number of imidazole rings is 3. The third kappa shape index (κ3) is 12.3. The summed E-state index contributed by atoms with van der Waals surface area (Å²) in [6, 6.07) is 0. The van der Waals surface area contributed by atoms with E-state index in [1.54, 1.807) is 6.92 Å². The number of phosphoric ester groups is 2. The lowest BCUT2D eigenvalue weighted by Crippen LogP contribution is -2.39. The highest BCUT2D eigenvalue weighted by atomic mass is 31.3. The summed E-state index contributed by atoms with van der Waals surface area (Å²) in [5.41, 5.74) is 8.31. The number of aryl methyl sites for hydroxylation is 1. The molecule has 6 aromatic heterocycles. The Bertz CT molecular complexity index is 3690. The number of nitrogens with zero attached hydrogens (tertiary/aromatic N) is 11. The number of nitrogens with one attached hydrogen (secondary N) is 3. The number of anilines is 3. The lowest BCUT2D eigenvalue weighted by Gasteiger charge is -2.35. The Morgan fingerprint density at radius 1 is 0.793 bits per heavy atom. The first-order chi connectivity index (χ1) is 38.5. The number of fused-ring (bicyclic) bond motifs is 3. The Labute approximate surface area is 459 Å². The molecule has 3 fully saturated rings. The lowest BCUT2D eigenvalue weighted by molar-refractivity contribution is -0.646. The van der Waals surface area contributed by atoms with Crippen molar-refractivity contribution < 1.29 is 104 Å². The third-order valence-electron chi connectivity index (χ3n) is 13.4. The normalized spacial score (nSPS) is 28.8. The average Bonchev–Trinajstić information content (AvgIpc) is 4.28. The minimum Gasteiger partial charge on any atom is -0.778 e. The van der Waals surface area contributed by atoms with Crippen LogP contribution in [0.5, 0.6) is 0 Å². The number of nitrogens with two attached hydrogens (primary N) is 2. The first-order valence-electron chi connectivity index (χ1n) is 24.3. The van der Waals surface area contributed by atoms with E-state index in [0.717, 1.165) is 24.3 Å². The van der Waals surface area contributed by atoms with Crippen LogP contribution in [0.3, 0.4) is 0 Å². The van der Waals surface area contributed by atoms with Crippen LogP contribution in [0, 0.1) is 5.92 Å². The second kappa shape index (κ2) is 23.5. The van der Waals surface area contributed by atoms with E-state index in [9.17, 15) is 67.5 Å². The predicted octanol–water partition coefficient (Wildman–Crippen LogP) is -3.30. The summed E-state index contributed by atoms with van der Waals surface area (Å²) in [7, 11) is -17.8. The van der Waals surface area contributed by atoms with Gasteiger partial charge in [-0.3, -0.25) is 42.5 Å². The number of amides is 1. The molecule has 0 aliphatic carbocycles. The molecule has 39 nitrogen and oxygen atoms in total. The SMILES string of the molecule is CCNc1nc2c(c(=O)[nH]1)[n+](C)cn2C1O[C@H](COP(=O)(O)OP(=O)(O)OP(=O)(O)OCC[C@H]2O[C@@H](n3cnc4c(N)ncnc43)[C@H](OC)[C@@H]2P(=O)([O-])OC[C@H]2O[C@@H](n3cnc4c(=O)[nH]c(N)nc43)[C@H](O)[C@@H]2O)[C@@H](CC(=O)N(C)C)[C@H]1O. The van der Waals surface area contributed by atoms with Crippen molar-refractivity contribution in [3.05, 3.63) is 46.0 Å². The van der Waals surface area contributed by atoms with Crippen molar-refractivity contribution in [2.45, 2.75) is 86.8 Å². The van der Waals surface area contributed by atoms with E-state index in [0.29, 0.717) is 6.54 Å². The van der Waals surface area contributed by atoms with Gasteiger partial charge in [-0.25, -0.2) is 38.2 Å². The van der Waals surface area contributed by atoms with Gasteiger partial charge in [0.1, 0.15) is 50.0 Å². The van der Waals surface area contributed by atoms with Crippen LogP contribution in [-0.4, -0.2) is 190 Å². The molecule has 0 bridgehead atoms. The van der Waals surface area contributed by atoms with Crippen LogP contribution in [-0.2, 0) is 71.2 Å². The number of H-pyrrole nitrogens is 2. The third-order valence-corrected chi connectivity index (χ3v) is 19.5. The van der Waals surface area contributed by atoms with Crippen LogP contribution in [0.4, 0.5) is 17.7 Å².